The summed E-state index contributed by atoms with van der Waals surface area (Å²) in [4.78, 5) is 11.9. The van der Waals surface area contributed by atoms with E-state index in [1.165, 1.54) is 0 Å². The van der Waals surface area contributed by atoms with Gasteiger partial charge in [0.25, 0.3) is 0 Å². The Hall–Kier alpha value is -1.55. The Labute approximate surface area is 108 Å². The van der Waals surface area contributed by atoms with Crippen LogP contribution in [0.25, 0.3) is 0 Å². The first-order chi connectivity index (χ1) is 8.63. The first kappa shape index (κ1) is 14.5. The van der Waals surface area contributed by atoms with Crippen LogP contribution in [-0.4, -0.2) is 26.2 Å². The predicted octanol–water partition coefficient (Wildman–Crippen LogP) is 2.22. The van der Waals surface area contributed by atoms with Gasteiger partial charge in [-0.15, -0.1) is 0 Å². The van der Waals surface area contributed by atoms with Crippen LogP contribution in [0.2, 0.25) is 0 Å². The highest BCUT2D eigenvalue weighted by molar-refractivity contribution is 5.77. The number of rotatable bonds is 6. The molecule has 0 aliphatic heterocycles. The molecule has 0 aromatic heterocycles. The van der Waals surface area contributed by atoms with Gasteiger partial charge in [-0.25, -0.2) is 4.79 Å². The maximum atomic E-state index is 11.9. The maximum absolute atomic E-state index is 11.9. The van der Waals surface area contributed by atoms with Crippen molar-refractivity contribution in [3.05, 3.63) is 29.3 Å². The van der Waals surface area contributed by atoms with Crippen molar-refractivity contribution in [1.82, 2.24) is 5.32 Å². The molecule has 1 aromatic carbocycles. The molecule has 0 saturated carbocycles. The van der Waals surface area contributed by atoms with E-state index in [0.29, 0.717) is 13.2 Å². The Balaban J connectivity index is 2.98. The van der Waals surface area contributed by atoms with E-state index < -0.39 is 6.04 Å². The number of aryl methyl sites for hydroxylation is 1. The molecular formula is C14H21NO3. The molecule has 1 N–H and O–H groups in total. The monoisotopic (exact) mass is 251 g/mol. The third kappa shape index (κ3) is 3.47. The van der Waals surface area contributed by atoms with Crippen LogP contribution in [0.4, 0.5) is 0 Å². The Morgan fingerprint density at radius 1 is 1.39 bits per heavy atom. The van der Waals surface area contributed by atoms with Crippen LogP contribution in [0.15, 0.2) is 18.2 Å². The lowest BCUT2D eigenvalue weighted by atomic mass is 10.0. The SMILES string of the molecule is CCNC(C(=O)OCC)c1ccc(OC)c(C)c1. The number of methoxy groups -OCH3 is 1. The van der Waals surface area contributed by atoms with Crippen LogP contribution in [0.3, 0.4) is 0 Å². The highest BCUT2D eigenvalue weighted by Gasteiger charge is 2.21. The molecule has 0 heterocycles. The van der Waals surface area contributed by atoms with Crippen molar-refractivity contribution < 1.29 is 14.3 Å². The third-order valence-corrected chi connectivity index (χ3v) is 2.68. The summed E-state index contributed by atoms with van der Waals surface area (Å²) in [6, 6.07) is 5.28. The van der Waals surface area contributed by atoms with Crippen molar-refractivity contribution in [2.75, 3.05) is 20.3 Å². The quantitative estimate of drug-likeness (QED) is 0.787. The van der Waals surface area contributed by atoms with Crippen molar-refractivity contribution in [3.63, 3.8) is 0 Å². The molecule has 1 rings (SSSR count). The van der Waals surface area contributed by atoms with Crippen molar-refractivity contribution in [2.24, 2.45) is 0 Å². The average molecular weight is 251 g/mol. The number of hydrogen-bond acceptors (Lipinski definition) is 4. The van der Waals surface area contributed by atoms with E-state index in [0.717, 1.165) is 16.9 Å². The molecule has 0 amide bonds. The van der Waals surface area contributed by atoms with E-state index in [2.05, 4.69) is 5.32 Å². The highest BCUT2D eigenvalue weighted by atomic mass is 16.5. The molecule has 0 spiro atoms. The van der Waals surface area contributed by atoms with Crippen molar-refractivity contribution in [2.45, 2.75) is 26.8 Å². The fourth-order valence-electron chi connectivity index (χ4n) is 1.85. The fraction of sp³-hybridized carbons (Fsp3) is 0.500. The molecule has 4 nitrogen and oxygen atoms in total. The van der Waals surface area contributed by atoms with E-state index in [1.54, 1.807) is 14.0 Å². The highest BCUT2D eigenvalue weighted by Crippen LogP contribution is 2.23. The zero-order valence-electron chi connectivity index (χ0n) is 11.4. The standard InChI is InChI=1S/C14H21NO3/c1-5-15-13(14(16)18-6-2)11-7-8-12(17-4)10(3)9-11/h7-9,13,15H,5-6H2,1-4H3. The Morgan fingerprint density at radius 2 is 2.11 bits per heavy atom. The third-order valence-electron chi connectivity index (χ3n) is 2.68. The minimum atomic E-state index is -0.417. The largest absolute Gasteiger partial charge is 0.496 e. The summed E-state index contributed by atoms with van der Waals surface area (Å²) < 4.78 is 10.3. The van der Waals surface area contributed by atoms with Gasteiger partial charge in [0, 0.05) is 0 Å². The minimum absolute atomic E-state index is 0.246. The van der Waals surface area contributed by atoms with E-state index >= 15 is 0 Å². The molecular weight excluding hydrogens is 230 g/mol. The smallest absolute Gasteiger partial charge is 0.327 e. The summed E-state index contributed by atoms with van der Waals surface area (Å²) in [7, 11) is 1.63. The normalized spacial score (nSPS) is 12.0. The van der Waals surface area contributed by atoms with Crippen molar-refractivity contribution in [1.29, 1.82) is 0 Å². The molecule has 0 bridgehead atoms. The molecule has 18 heavy (non-hydrogen) atoms. The van der Waals surface area contributed by atoms with E-state index in [4.69, 9.17) is 9.47 Å². The van der Waals surface area contributed by atoms with Crippen LogP contribution in [0, 0.1) is 6.92 Å². The second-order valence-electron chi connectivity index (χ2n) is 3.97. The molecule has 0 saturated heterocycles. The van der Waals surface area contributed by atoms with Gasteiger partial charge >= 0.3 is 5.97 Å². The topological polar surface area (TPSA) is 47.6 Å². The lowest BCUT2D eigenvalue weighted by molar-refractivity contribution is -0.145. The van der Waals surface area contributed by atoms with Gasteiger partial charge in [0.05, 0.1) is 13.7 Å². The summed E-state index contributed by atoms with van der Waals surface area (Å²) in [6.07, 6.45) is 0. The van der Waals surface area contributed by atoms with Gasteiger partial charge < -0.3 is 14.8 Å². The van der Waals surface area contributed by atoms with Crippen molar-refractivity contribution in [3.8, 4) is 5.75 Å². The van der Waals surface area contributed by atoms with Gasteiger partial charge in [-0.1, -0.05) is 19.1 Å². The second kappa shape index (κ2) is 7.01. The molecule has 0 aliphatic rings. The van der Waals surface area contributed by atoms with Gasteiger partial charge in [0.2, 0.25) is 0 Å². The summed E-state index contributed by atoms with van der Waals surface area (Å²) in [5, 5.41) is 3.13. The van der Waals surface area contributed by atoms with Crippen LogP contribution in [0.1, 0.15) is 31.0 Å². The maximum Gasteiger partial charge on any atom is 0.327 e. The molecule has 1 atom stereocenters. The van der Waals surface area contributed by atoms with Crippen LogP contribution < -0.4 is 10.1 Å². The van der Waals surface area contributed by atoms with Crippen molar-refractivity contribution >= 4 is 5.97 Å². The number of carbonyl (C=O) groups excluding carboxylic acids is 1. The Bertz CT molecular complexity index is 404. The number of ether oxygens (including phenoxy) is 2. The summed E-state index contributed by atoms with van der Waals surface area (Å²) in [5.74, 6) is 0.571. The first-order valence-corrected chi connectivity index (χ1v) is 6.18. The number of esters is 1. The van der Waals surface area contributed by atoms with Gasteiger partial charge in [0.15, 0.2) is 0 Å². The predicted molar refractivity (Wildman–Crippen MR) is 70.8 cm³/mol. The lowest BCUT2D eigenvalue weighted by Crippen LogP contribution is -2.30. The van der Waals surface area contributed by atoms with Gasteiger partial charge in [0.1, 0.15) is 11.8 Å². The van der Waals surface area contributed by atoms with Gasteiger partial charge in [-0.05, 0) is 37.6 Å². The Kier molecular flexibility index (Phi) is 5.65. The van der Waals surface area contributed by atoms with E-state index in [-0.39, 0.29) is 5.97 Å². The van der Waals surface area contributed by atoms with Gasteiger partial charge in [-0.2, -0.15) is 0 Å². The zero-order valence-corrected chi connectivity index (χ0v) is 11.4. The number of nitrogens with one attached hydrogen (secondary N) is 1. The number of carbonyl (C=O) groups is 1. The van der Waals surface area contributed by atoms with E-state index in [9.17, 15) is 4.79 Å². The Morgan fingerprint density at radius 3 is 2.61 bits per heavy atom. The average Bonchev–Trinajstić information content (AvgIpc) is 2.36. The molecule has 4 heteroatoms. The van der Waals surface area contributed by atoms with Gasteiger partial charge in [-0.3, -0.25) is 0 Å². The van der Waals surface area contributed by atoms with E-state index in [1.807, 2.05) is 32.0 Å². The first-order valence-electron chi connectivity index (χ1n) is 6.18. The van der Waals surface area contributed by atoms with Crippen LogP contribution in [0.5, 0.6) is 5.75 Å². The molecule has 1 aromatic rings. The molecule has 1 unspecified atom stereocenters. The molecule has 0 aliphatic carbocycles. The summed E-state index contributed by atoms with van der Waals surface area (Å²) in [6.45, 7) is 6.81. The molecule has 100 valence electrons. The number of hydrogen-bond donors (Lipinski definition) is 1. The fourth-order valence-corrected chi connectivity index (χ4v) is 1.85. The van der Waals surface area contributed by atoms with Crippen LogP contribution in [-0.2, 0) is 9.53 Å². The lowest BCUT2D eigenvalue weighted by Gasteiger charge is -2.17. The number of benzene rings is 1. The number of likely N-dealkylation sites (N-methyl/N-ethyl adjacent to an activating group) is 1. The molecule has 0 fully saturated rings. The van der Waals surface area contributed by atoms with Crippen LogP contribution >= 0.6 is 0 Å². The summed E-state index contributed by atoms with van der Waals surface area (Å²) >= 11 is 0. The summed E-state index contributed by atoms with van der Waals surface area (Å²) in [5.41, 5.74) is 1.90. The second-order valence-corrected chi connectivity index (χ2v) is 3.97. The zero-order chi connectivity index (χ0) is 13.5. The minimum Gasteiger partial charge on any atom is -0.496 e. The molecule has 0 radical (unpaired) electrons.